The van der Waals surface area contributed by atoms with Crippen LogP contribution in [0.25, 0.3) is 0 Å². The smallest absolute Gasteiger partial charge is 0.261 e. The molecule has 0 radical (unpaired) electrons. The molecule has 60 valence electrons. The van der Waals surface area contributed by atoms with E-state index in [0.717, 1.165) is 5.75 Å². The van der Waals surface area contributed by atoms with Crippen LogP contribution >= 0.6 is 11.8 Å². The van der Waals surface area contributed by atoms with E-state index in [1.54, 1.807) is 0 Å². The van der Waals surface area contributed by atoms with Gasteiger partial charge >= 0.3 is 0 Å². The lowest BCUT2D eigenvalue weighted by atomic mass is 10.0. The van der Waals surface area contributed by atoms with E-state index in [1.165, 1.54) is 11.8 Å². The summed E-state index contributed by atoms with van der Waals surface area (Å²) in [6.07, 6.45) is 0.439. The summed E-state index contributed by atoms with van der Waals surface area (Å²) >= 11 is 1.26. The van der Waals surface area contributed by atoms with Crippen LogP contribution in [-0.4, -0.2) is 29.1 Å². The Labute approximate surface area is 62.8 Å². The zero-order valence-electron chi connectivity index (χ0n) is 5.52. The van der Waals surface area contributed by atoms with E-state index in [0.29, 0.717) is 6.42 Å². The van der Waals surface area contributed by atoms with Crippen LogP contribution in [0.4, 0.5) is 8.78 Å². The maximum Gasteiger partial charge on any atom is 0.261 e. The first kappa shape index (κ1) is 8.27. The zero-order valence-corrected chi connectivity index (χ0v) is 6.33. The van der Waals surface area contributed by atoms with Gasteiger partial charge in [-0.3, -0.25) is 0 Å². The quantitative estimate of drug-likeness (QED) is 0.638. The predicted molar refractivity (Wildman–Crippen MR) is 37.5 cm³/mol. The van der Waals surface area contributed by atoms with Crippen molar-refractivity contribution in [2.75, 3.05) is 18.1 Å². The molecule has 0 aromatic rings. The van der Waals surface area contributed by atoms with Gasteiger partial charge in [-0.1, -0.05) is 0 Å². The minimum Gasteiger partial charge on any atom is -0.396 e. The fraction of sp³-hybridized carbons (Fsp3) is 1.00. The first-order valence-corrected chi connectivity index (χ1v) is 4.38. The molecule has 0 saturated carbocycles. The van der Waals surface area contributed by atoms with Gasteiger partial charge in [-0.05, 0) is 12.2 Å². The average molecular weight is 168 g/mol. The highest BCUT2D eigenvalue weighted by molar-refractivity contribution is 7.99. The summed E-state index contributed by atoms with van der Waals surface area (Å²) < 4.78 is 25.4. The van der Waals surface area contributed by atoms with Crippen LogP contribution in [-0.2, 0) is 0 Å². The molecule has 0 amide bonds. The van der Waals surface area contributed by atoms with Gasteiger partial charge in [-0.15, -0.1) is 0 Å². The van der Waals surface area contributed by atoms with Gasteiger partial charge in [0.25, 0.3) is 5.92 Å². The molecule has 4 heteroatoms. The van der Waals surface area contributed by atoms with Crippen LogP contribution in [0, 0.1) is 5.92 Å². The number of hydrogen-bond acceptors (Lipinski definition) is 2. The molecule has 1 N–H and O–H groups in total. The molecular weight excluding hydrogens is 158 g/mol. The van der Waals surface area contributed by atoms with E-state index >= 15 is 0 Å². The Morgan fingerprint density at radius 3 is 2.70 bits per heavy atom. The Bertz CT molecular complexity index is 118. The van der Waals surface area contributed by atoms with Crippen molar-refractivity contribution in [2.24, 2.45) is 5.92 Å². The zero-order chi connectivity index (χ0) is 7.61. The van der Waals surface area contributed by atoms with Crippen molar-refractivity contribution in [2.45, 2.75) is 12.3 Å². The number of hydrogen-bond donors (Lipinski definition) is 1. The Morgan fingerprint density at radius 1 is 1.60 bits per heavy atom. The van der Waals surface area contributed by atoms with Crippen LogP contribution in [0.5, 0.6) is 0 Å². The van der Waals surface area contributed by atoms with Crippen molar-refractivity contribution in [3.63, 3.8) is 0 Å². The lowest BCUT2D eigenvalue weighted by molar-refractivity contribution is -0.0585. The molecule has 1 unspecified atom stereocenters. The SMILES string of the molecule is OCC1CCSCC1(F)F. The Balaban J connectivity index is 2.51. The summed E-state index contributed by atoms with van der Waals surface area (Å²) in [5, 5.41) is 8.54. The molecule has 10 heavy (non-hydrogen) atoms. The number of aliphatic hydroxyl groups is 1. The van der Waals surface area contributed by atoms with Crippen LogP contribution in [0.1, 0.15) is 6.42 Å². The molecule has 1 saturated heterocycles. The molecule has 1 nitrogen and oxygen atoms in total. The highest BCUT2D eigenvalue weighted by atomic mass is 32.2. The second-order valence-electron chi connectivity index (χ2n) is 2.48. The molecule has 1 aliphatic rings. The Hall–Kier alpha value is 0.170. The van der Waals surface area contributed by atoms with Crippen LogP contribution < -0.4 is 0 Å². The predicted octanol–water partition coefficient (Wildman–Crippen LogP) is 1.37. The van der Waals surface area contributed by atoms with E-state index < -0.39 is 11.8 Å². The number of thioether (sulfide) groups is 1. The number of alkyl halides is 2. The molecule has 1 fully saturated rings. The summed E-state index contributed by atoms with van der Waals surface area (Å²) in [6, 6.07) is 0. The third-order valence-electron chi connectivity index (χ3n) is 1.72. The monoisotopic (exact) mass is 168 g/mol. The van der Waals surface area contributed by atoms with Gasteiger partial charge in [0.15, 0.2) is 0 Å². The topological polar surface area (TPSA) is 20.2 Å². The molecule has 1 atom stereocenters. The van der Waals surface area contributed by atoms with Crippen LogP contribution in [0.15, 0.2) is 0 Å². The van der Waals surface area contributed by atoms with Crippen molar-refractivity contribution in [1.29, 1.82) is 0 Å². The van der Waals surface area contributed by atoms with Gasteiger partial charge in [0, 0.05) is 5.92 Å². The molecule has 1 aliphatic heterocycles. The average Bonchev–Trinajstić information content (AvgIpc) is 1.87. The van der Waals surface area contributed by atoms with Gasteiger partial charge in [0.1, 0.15) is 0 Å². The fourth-order valence-corrected chi connectivity index (χ4v) is 2.09. The highest BCUT2D eigenvalue weighted by Gasteiger charge is 2.41. The number of halogens is 2. The minimum absolute atomic E-state index is 0.127. The molecule has 1 heterocycles. The molecule has 1 rings (SSSR count). The Kier molecular flexibility index (Phi) is 2.52. The van der Waals surface area contributed by atoms with E-state index in [4.69, 9.17) is 5.11 Å². The summed E-state index contributed by atoms with van der Waals surface area (Å²) in [6.45, 7) is -0.381. The molecule has 0 aliphatic carbocycles. The van der Waals surface area contributed by atoms with E-state index in [-0.39, 0.29) is 12.4 Å². The van der Waals surface area contributed by atoms with Gasteiger partial charge < -0.3 is 5.11 Å². The fourth-order valence-electron chi connectivity index (χ4n) is 0.988. The van der Waals surface area contributed by atoms with Crippen molar-refractivity contribution >= 4 is 11.8 Å². The largest absolute Gasteiger partial charge is 0.396 e. The van der Waals surface area contributed by atoms with Crippen molar-refractivity contribution in [3.05, 3.63) is 0 Å². The summed E-state index contributed by atoms with van der Waals surface area (Å²) in [5.74, 6) is -2.81. The molecule has 0 aromatic carbocycles. The van der Waals surface area contributed by atoms with E-state index in [9.17, 15) is 8.78 Å². The summed E-state index contributed by atoms with van der Waals surface area (Å²) in [7, 11) is 0. The Morgan fingerprint density at radius 2 is 2.30 bits per heavy atom. The van der Waals surface area contributed by atoms with Gasteiger partial charge in [-0.25, -0.2) is 8.78 Å². The van der Waals surface area contributed by atoms with Crippen LogP contribution in [0.3, 0.4) is 0 Å². The summed E-state index contributed by atoms with van der Waals surface area (Å²) in [5.41, 5.74) is 0. The van der Waals surface area contributed by atoms with Gasteiger partial charge in [0.2, 0.25) is 0 Å². The third kappa shape index (κ3) is 1.61. The maximum absolute atomic E-state index is 12.7. The molecule has 0 aromatic heterocycles. The van der Waals surface area contributed by atoms with Crippen molar-refractivity contribution < 1.29 is 13.9 Å². The molecule has 0 bridgehead atoms. The molecular formula is C6H10F2OS. The highest BCUT2D eigenvalue weighted by Crippen LogP contribution is 2.36. The van der Waals surface area contributed by atoms with Crippen molar-refractivity contribution in [1.82, 2.24) is 0 Å². The first-order valence-electron chi connectivity index (χ1n) is 3.23. The lowest BCUT2D eigenvalue weighted by Crippen LogP contribution is -2.37. The third-order valence-corrected chi connectivity index (χ3v) is 2.84. The maximum atomic E-state index is 12.7. The second kappa shape index (κ2) is 3.05. The van der Waals surface area contributed by atoms with Gasteiger partial charge in [0.05, 0.1) is 12.4 Å². The normalized spacial score (nSPS) is 32.1. The van der Waals surface area contributed by atoms with E-state index in [2.05, 4.69) is 0 Å². The standard InChI is InChI=1S/C6H10F2OS/c7-6(8)4-10-2-1-5(6)3-9/h5,9H,1-4H2. The summed E-state index contributed by atoms with van der Waals surface area (Å²) in [4.78, 5) is 0. The van der Waals surface area contributed by atoms with E-state index in [1.807, 2.05) is 0 Å². The van der Waals surface area contributed by atoms with Gasteiger partial charge in [-0.2, -0.15) is 11.8 Å². The molecule has 0 spiro atoms. The number of rotatable bonds is 1. The van der Waals surface area contributed by atoms with Crippen LogP contribution in [0.2, 0.25) is 0 Å². The lowest BCUT2D eigenvalue weighted by Gasteiger charge is -2.29. The van der Waals surface area contributed by atoms with Crippen molar-refractivity contribution in [3.8, 4) is 0 Å². The number of aliphatic hydroxyl groups excluding tert-OH is 1. The first-order chi connectivity index (χ1) is 4.67. The second-order valence-corrected chi connectivity index (χ2v) is 3.59. The minimum atomic E-state index is -2.64.